The molecule has 1 fully saturated rings. The molecule has 3 N–H and O–H groups in total. The lowest BCUT2D eigenvalue weighted by Crippen LogP contribution is -2.54. The summed E-state index contributed by atoms with van der Waals surface area (Å²) >= 11 is 0. The van der Waals surface area contributed by atoms with Crippen molar-refractivity contribution in [3.8, 4) is 0 Å². The van der Waals surface area contributed by atoms with E-state index >= 15 is 0 Å². The van der Waals surface area contributed by atoms with E-state index in [-0.39, 0.29) is 31.3 Å². The van der Waals surface area contributed by atoms with Gasteiger partial charge in [-0.05, 0) is 24.1 Å². The summed E-state index contributed by atoms with van der Waals surface area (Å²) < 4.78 is 51.6. The van der Waals surface area contributed by atoms with Crippen molar-refractivity contribution < 1.29 is 27.3 Å². The molecule has 1 aromatic heterocycles. The van der Waals surface area contributed by atoms with Gasteiger partial charge < -0.3 is 16.0 Å². The number of halogens is 4. The molecule has 160 valence electrons. The topological polar surface area (TPSA) is 127 Å². The number of rotatable bonds is 4. The Labute approximate surface area is 167 Å². The highest BCUT2D eigenvalue weighted by Gasteiger charge is 2.42. The van der Waals surface area contributed by atoms with Gasteiger partial charge in [0, 0.05) is 19.0 Å². The number of nitrogens with one attached hydrogen (secondary N) is 1. The normalized spacial score (nSPS) is 19.4. The number of carbonyl (C=O) groups is 1. The summed E-state index contributed by atoms with van der Waals surface area (Å²) in [6, 6.07) is 4.26. The van der Waals surface area contributed by atoms with E-state index in [1.54, 1.807) is 0 Å². The molecule has 0 radical (unpaired) electrons. The number of nitrogen functional groups attached to an aromatic ring is 1. The van der Waals surface area contributed by atoms with Crippen molar-refractivity contribution in [2.75, 3.05) is 23.7 Å². The molecule has 0 bridgehead atoms. The Morgan fingerprint density at radius 1 is 1.30 bits per heavy atom. The third-order valence-electron chi connectivity index (χ3n) is 4.75. The first kappa shape index (κ1) is 21.2. The number of alkyl halides is 3. The van der Waals surface area contributed by atoms with Crippen molar-refractivity contribution in [2.45, 2.75) is 24.6 Å². The van der Waals surface area contributed by atoms with Crippen LogP contribution < -0.4 is 16.0 Å². The Morgan fingerprint density at radius 2 is 1.97 bits per heavy atom. The molecule has 30 heavy (non-hydrogen) atoms. The number of hydrogen-bond donors (Lipinski definition) is 2. The van der Waals surface area contributed by atoms with Crippen LogP contribution in [0.4, 0.5) is 35.0 Å². The van der Waals surface area contributed by atoms with Crippen LogP contribution in [0.25, 0.3) is 0 Å². The van der Waals surface area contributed by atoms with E-state index < -0.39 is 40.5 Å². The number of hydrogen-bond acceptors (Lipinski definition) is 7. The molecule has 1 aliphatic rings. The molecular weight excluding hydrogens is 412 g/mol. The first-order valence-corrected chi connectivity index (χ1v) is 8.71. The fourth-order valence-electron chi connectivity index (χ4n) is 3.31. The van der Waals surface area contributed by atoms with E-state index in [4.69, 9.17) is 5.73 Å². The smallest absolute Gasteiger partial charge is 0.378 e. The second-order valence-corrected chi connectivity index (χ2v) is 6.67. The van der Waals surface area contributed by atoms with E-state index in [9.17, 15) is 32.5 Å². The molecule has 1 saturated heterocycles. The maximum absolute atomic E-state index is 13.2. The van der Waals surface area contributed by atoms with E-state index in [1.807, 2.05) is 5.32 Å². The van der Waals surface area contributed by atoms with Gasteiger partial charge in [0.25, 0.3) is 0 Å². The average molecular weight is 428 g/mol. The van der Waals surface area contributed by atoms with Crippen LogP contribution in [0, 0.1) is 15.9 Å². The van der Waals surface area contributed by atoms with Crippen LogP contribution >= 0.6 is 0 Å². The van der Waals surface area contributed by atoms with Gasteiger partial charge in [-0.3, -0.25) is 14.9 Å². The van der Waals surface area contributed by atoms with Crippen molar-refractivity contribution in [3.63, 3.8) is 0 Å². The van der Waals surface area contributed by atoms with Crippen molar-refractivity contribution in [1.82, 2.24) is 15.3 Å². The number of amides is 1. The molecule has 0 aliphatic carbocycles. The number of piperidine rings is 1. The first-order chi connectivity index (χ1) is 14.1. The molecule has 2 unspecified atom stereocenters. The maximum Gasteiger partial charge on any atom is 0.471 e. The molecule has 2 aromatic rings. The summed E-state index contributed by atoms with van der Waals surface area (Å²) in [5, 5.41) is 12.8. The van der Waals surface area contributed by atoms with E-state index in [0.717, 1.165) is 6.20 Å². The number of carbonyl (C=O) groups excluding carboxylic acids is 1. The Bertz CT molecular complexity index is 953. The van der Waals surface area contributed by atoms with Gasteiger partial charge in [-0.25, -0.2) is 9.37 Å². The highest BCUT2D eigenvalue weighted by atomic mass is 19.4. The monoisotopic (exact) mass is 428 g/mol. The van der Waals surface area contributed by atoms with Gasteiger partial charge >= 0.3 is 17.8 Å². The number of nitrogens with zero attached hydrogens (tertiary/aromatic N) is 4. The summed E-state index contributed by atoms with van der Waals surface area (Å²) in [4.78, 5) is 30.8. The van der Waals surface area contributed by atoms with Crippen LogP contribution in [0.3, 0.4) is 0 Å². The minimum atomic E-state index is -5.08. The van der Waals surface area contributed by atoms with Crippen LogP contribution in [0.1, 0.15) is 17.9 Å². The Morgan fingerprint density at radius 3 is 2.53 bits per heavy atom. The molecule has 0 saturated carbocycles. The highest BCUT2D eigenvalue weighted by Crippen LogP contribution is 2.31. The Hall–Kier alpha value is -3.51. The van der Waals surface area contributed by atoms with E-state index in [2.05, 4.69) is 9.97 Å². The highest BCUT2D eigenvalue weighted by molar-refractivity contribution is 5.82. The van der Waals surface area contributed by atoms with E-state index in [1.165, 1.54) is 29.2 Å². The number of nitro groups is 1. The van der Waals surface area contributed by atoms with Gasteiger partial charge in [0.05, 0.1) is 11.0 Å². The molecule has 1 aromatic carbocycles. The standard InChI is InChI=1S/C17H16F4N6O3/c18-10-3-1-9(2-4-10)11-5-6-26(8-12(11)24-15(28)17(19,20)21)16-23-7-13(27(29)30)14(22)25-16/h1-4,7,11-12H,5-6,8H2,(H,24,28)(H2,22,23,25). The van der Waals surface area contributed by atoms with Crippen LogP contribution in [-0.4, -0.2) is 46.1 Å². The fraction of sp³-hybridized carbons (Fsp3) is 0.353. The summed E-state index contributed by atoms with van der Waals surface area (Å²) in [5.74, 6) is -3.53. The third-order valence-corrected chi connectivity index (χ3v) is 4.75. The quantitative estimate of drug-likeness (QED) is 0.434. The van der Waals surface area contributed by atoms with Crippen LogP contribution in [0.2, 0.25) is 0 Å². The lowest BCUT2D eigenvalue weighted by atomic mass is 9.85. The molecule has 1 amide bonds. The molecule has 13 heteroatoms. The lowest BCUT2D eigenvalue weighted by molar-refractivity contribution is -0.384. The van der Waals surface area contributed by atoms with Crippen LogP contribution in [0.15, 0.2) is 30.5 Å². The molecule has 2 atom stereocenters. The molecular formula is C17H16F4N6O3. The van der Waals surface area contributed by atoms with Gasteiger partial charge in [0.15, 0.2) is 0 Å². The SMILES string of the molecule is Nc1nc(N2CCC(c3ccc(F)cc3)C(NC(=O)C(F)(F)F)C2)ncc1[N+](=O)[O-]. The third kappa shape index (κ3) is 4.55. The zero-order valence-corrected chi connectivity index (χ0v) is 15.3. The predicted molar refractivity (Wildman–Crippen MR) is 97.1 cm³/mol. The zero-order chi connectivity index (χ0) is 22.1. The molecule has 9 nitrogen and oxygen atoms in total. The van der Waals surface area contributed by atoms with Gasteiger partial charge in [0.1, 0.15) is 12.0 Å². The molecule has 1 aliphatic heterocycles. The molecule has 2 heterocycles. The average Bonchev–Trinajstić information content (AvgIpc) is 2.67. The minimum absolute atomic E-state index is 0.0121. The van der Waals surface area contributed by atoms with Crippen molar-refractivity contribution in [3.05, 3.63) is 52.0 Å². The summed E-state index contributed by atoms with van der Waals surface area (Å²) in [7, 11) is 0. The summed E-state index contributed by atoms with van der Waals surface area (Å²) in [6.07, 6.45) is -3.88. The Kier molecular flexibility index (Phi) is 5.71. The van der Waals surface area contributed by atoms with Gasteiger partial charge in [-0.1, -0.05) is 12.1 Å². The zero-order valence-electron chi connectivity index (χ0n) is 15.3. The molecule has 3 rings (SSSR count). The van der Waals surface area contributed by atoms with Gasteiger partial charge in [-0.2, -0.15) is 18.2 Å². The van der Waals surface area contributed by atoms with Crippen molar-refractivity contribution >= 4 is 23.4 Å². The number of benzene rings is 1. The van der Waals surface area contributed by atoms with Crippen LogP contribution in [-0.2, 0) is 4.79 Å². The maximum atomic E-state index is 13.2. The fourth-order valence-corrected chi connectivity index (χ4v) is 3.31. The van der Waals surface area contributed by atoms with Gasteiger partial charge in [-0.15, -0.1) is 0 Å². The number of aromatic nitrogens is 2. The first-order valence-electron chi connectivity index (χ1n) is 8.71. The minimum Gasteiger partial charge on any atom is -0.378 e. The Balaban J connectivity index is 1.87. The predicted octanol–water partition coefficient (Wildman–Crippen LogP) is 2.15. The second-order valence-electron chi connectivity index (χ2n) is 6.67. The molecule has 0 spiro atoms. The van der Waals surface area contributed by atoms with Crippen molar-refractivity contribution in [2.24, 2.45) is 0 Å². The van der Waals surface area contributed by atoms with Crippen LogP contribution in [0.5, 0.6) is 0 Å². The van der Waals surface area contributed by atoms with Crippen molar-refractivity contribution in [1.29, 1.82) is 0 Å². The summed E-state index contributed by atoms with van der Waals surface area (Å²) in [5.41, 5.74) is 5.62. The van der Waals surface area contributed by atoms with E-state index in [0.29, 0.717) is 5.56 Å². The summed E-state index contributed by atoms with van der Waals surface area (Å²) in [6.45, 7) is 0.165. The second kappa shape index (κ2) is 8.08. The van der Waals surface area contributed by atoms with Gasteiger partial charge in [0.2, 0.25) is 11.8 Å². The number of nitrogens with two attached hydrogens (primary N) is 1. The lowest BCUT2D eigenvalue weighted by Gasteiger charge is -2.39. The largest absolute Gasteiger partial charge is 0.471 e. The number of anilines is 2.